The molecule has 0 aliphatic heterocycles. The fourth-order valence-electron chi connectivity index (χ4n) is 2.46. The van der Waals surface area contributed by atoms with E-state index in [9.17, 15) is 9.90 Å². The Labute approximate surface area is 115 Å². The smallest absolute Gasteiger partial charge is 0.335 e. The molecule has 6 nitrogen and oxygen atoms in total. The van der Waals surface area contributed by atoms with Crippen molar-refractivity contribution in [2.45, 2.75) is 31.8 Å². The molecule has 2 N–H and O–H groups in total. The molecule has 3 rings (SSSR count). The minimum Gasteiger partial charge on any atom is -0.478 e. The Morgan fingerprint density at radius 3 is 2.50 bits per heavy atom. The van der Waals surface area contributed by atoms with Gasteiger partial charge in [-0.05, 0) is 37.1 Å². The molecule has 0 amide bonds. The van der Waals surface area contributed by atoms with E-state index < -0.39 is 5.97 Å². The van der Waals surface area contributed by atoms with Gasteiger partial charge in [-0.1, -0.05) is 11.6 Å². The second kappa shape index (κ2) is 5.05. The van der Waals surface area contributed by atoms with Crippen LogP contribution in [-0.4, -0.2) is 31.2 Å². The lowest BCUT2D eigenvalue weighted by Gasteiger charge is -2.26. The third kappa shape index (κ3) is 2.08. The summed E-state index contributed by atoms with van der Waals surface area (Å²) in [5.41, 5.74) is 2.56. The van der Waals surface area contributed by atoms with Crippen LogP contribution in [0.2, 0.25) is 0 Å². The molecule has 0 radical (unpaired) electrons. The van der Waals surface area contributed by atoms with E-state index in [1.54, 1.807) is 28.9 Å². The predicted molar refractivity (Wildman–Crippen MR) is 70.8 cm³/mol. The van der Waals surface area contributed by atoms with Gasteiger partial charge in [0.15, 0.2) is 0 Å². The van der Waals surface area contributed by atoms with E-state index in [0.29, 0.717) is 11.6 Å². The highest BCUT2D eigenvalue weighted by molar-refractivity contribution is 5.87. The van der Waals surface area contributed by atoms with Gasteiger partial charge in [-0.3, -0.25) is 0 Å². The minimum atomic E-state index is -0.953. The predicted octanol–water partition coefficient (Wildman–Crippen LogP) is 1.73. The summed E-state index contributed by atoms with van der Waals surface area (Å²) in [5, 5.41) is 26.4. The van der Waals surface area contributed by atoms with Crippen LogP contribution in [0.1, 0.15) is 46.9 Å². The van der Waals surface area contributed by atoms with Gasteiger partial charge in [0.1, 0.15) is 5.69 Å². The van der Waals surface area contributed by atoms with Crippen molar-refractivity contribution in [2.24, 2.45) is 0 Å². The van der Waals surface area contributed by atoms with Crippen molar-refractivity contribution < 1.29 is 15.0 Å². The quantitative estimate of drug-likeness (QED) is 0.885. The summed E-state index contributed by atoms with van der Waals surface area (Å²) in [6, 6.07) is 6.51. The molecule has 0 unspecified atom stereocenters. The molecule has 20 heavy (non-hydrogen) atoms. The van der Waals surface area contributed by atoms with Crippen molar-refractivity contribution in [3.8, 4) is 5.69 Å². The zero-order valence-corrected chi connectivity index (χ0v) is 10.9. The summed E-state index contributed by atoms with van der Waals surface area (Å²) in [7, 11) is 0. The van der Waals surface area contributed by atoms with Crippen LogP contribution in [0.25, 0.3) is 5.69 Å². The third-order valence-corrected chi connectivity index (χ3v) is 3.78. The first-order valence-corrected chi connectivity index (χ1v) is 6.59. The number of aromatic nitrogens is 3. The van der Waals surface area contributed by atoms with Gasteiger partial charge in [0.2, 0.25) is 0 Å². The molecule has 0 saturated heterocycles. The van der Waals surface area contributed by atoms with Gasteiger partial charge >= 0.3 is 5.97 Å². The lowest BCUT2D eigenvalue weighted by Crippen LogP contribution is -2.16. The average molecular weight is 273 g/mol. The first-order chi connectivity index (χ1) is 9.70. The molecule has 1 fully saturated rings. The Hall–Kier alpha value is -2.21. The fraction of sp³-hybridized carbons (Fsp3) is 0.357. The molecule has 1 aromatic heterocycles. The standard InChI is InChI=1S/C14H15N3O3/c18-8-12-13(9-2-1-3-9)17(16-15-12)11-6-4-10(5-7-11)14(19)20/h4-7,9,18H,1-3,8H2,(H,19,20). The number of aromatic carboxylic acids is 1. The Morgan fingerprint density at radius 1 is 1.30 bits per heavy atom. The van der Waals surface area contributed by atoms with Gasteiger partial charge in [-0.2, -0.15) is 0 Å². The van der Waals surface area contributed by atoms with E-state index in [1.807, 2.05) is 0 Å². The maximum Gasteiger partial charge on any atom is 0.335 e. The molecular formula is C14H15N3O3. The van der Waals surface area contributed by atoms with Crippen molar-refractivity contribution in [3.05, 3.63) is 41.2 Å². The lowest BCUT2D eigenvalue weighted by atomic mass is 9.82. The number of carboxylic acids is 1. The third-order valence-electron chi connectivity index (χ3n) is 3.78. The molecule has 1 saturated carbocycles. The summed E-state index contributed by atoms with van der Waals surface area (Å²) < 4.78 is 1.71. The molecule has 1 aliphatic rings. The first-order valence-electron chi connectivity index (χ1n) is 6.59. The summed E-state index contributed by atoms with van der Waals surface area (Å²) in [5.74, 6) is -0.572. The van der Waals surface area contributed by atoms with Crippen LogP contribution < -0.4 is 0 Å². The van der Waals surface area contributed by atoms with E-state index in [2.05, 4.69) is 10.3 Å². The van der Waals surface area contributed by atoms with E-state index in [4.69, 9.17) is 5.11 Å². The second-order valence-corrected chi connectivity index (χ2v) is 4.97. The highest BCUT2D eigenvalue weighted by Gasteiger charge is 2.27. The molecule has 1 aliphatic carbocycles. The van der Waals surface area contributed by atoms with Crippen LogP contribution in [0.15, 0.2) is 24.3 Å². The van der Waals surface area contributed by atoms with E-state index in [1.165, 1.54) is 6.42 Å². The van der Waals surface area contributed by atoms with Crippen molar-refractivity contribution in [1.82, 2.24) is 15.0 Å². The lowest BCUT2D eigenvalue weighted by molar-refractivity contribution is 0.0697. The highest BCUT2D eigenvalue weighted by Crippen LogP contribution is 2.38. The van der Waals surface area contributed by atoms with Crippen molar-refractivity contribution in [1.29, 1.82) is 0 Å². The Balaban J connectivity index is 2.00. The second-order valence-electron chi connectivity index (χ2n) is 4.97. The summed E-state index contributed by atoms with van der Waals surface area (Å²) in [4.78, 5) is 10.9. The Kier molecular flexibility index (Phi) is 3.23. The van der Waals surface area contributed by atoms with Crippen LogP contribution in [0, 0.1) is 0 Å². The fourth-order valence-corrected chi connectivity index (χ4v) is 2.46. The largest absolute Gasteiger partial charge is 0.478 e. The molecule has 0 spiro atoms. The SMILES string of the molecule is O=C(O)c1ccc(-n2nnc(CO)c2C2CCC2)cc1. The molecule has 0 bridgehead atoms. The topological polar surface area (TPSA) is 88.2 Å². The van der Waals surface area contributed by atoms with Crippen LogP contribution in [0.5, 0.6) is 0 Å². The Morgan fingerprint density at radius 2 is 2.00 bits per heavy atom. The summed E-state index contributed by atoms with van der Waals surface area (Å²) in [6.07, 6.45) is 3.33. The molecular weight excluding hydrogens is 258 g/mol. The van der Waals surface area contributed by atoms with Gasteiger partial charge < -0.3 is 10.2 Å². The zero-order chi connectivity index (χ0) is 14.1. The molecule has 1 heterocycles. The zero-order valence-electron chi connectivity index (χ0n) is 10.9. The van der Waals surface area contributed by atoms with Gasteiger partial charge in [0.25, 0.3) is 0 Å². The van der Waals surface area contributed by atoms with Gasteiger partial charge in [-0.15, -0.1) is 5.10 Å². The Bertz CT molecular complexity index is 630. The summed E-state index contributed by atoms with van der Waals surface area (Å²) >= 11 is 0. The number of rotatable bonds is 4. The average Bonchev–Trinajstić information content (AvgIpc) is 2.80. The van der Waals surface area contributed by atoms with E-state index >= 15 is 0 Å². The minimum absolute atomic E-state index is 0.126. The monoisotopic (exact) mass is 273 g/mol. The van der Waals surface area contributed by atoms with Crippen LogP contribution in [0.3, 0.4) is 0 Å². The molecule has 6 heteroatoms. The van der Waals surface area contributed by atoms with Crippen LogP contribution in [0.4, 0.5) is 0 Å². The number of benzene rings is 1. The van der Waals surface area contributed by atoms with Gasteiger partial charge in [0, 0.05) is 5.92 Å². The van der Waals surface area contributed by atoms with Crippen molar-refractivity contribution in [3.63, 3.8) is 0 Å². The molecule has 0 atom stereocenters. The first kappa shape index (κ1) is 12.8. The number of carboxylic acid groups (broad SMARTS) is 1. The van der Waals surface area contributed by atoms with Crippen LogP contribution in [-0.2, 0) is 6.61 Å². The number of hydrogen-bond acceptors (Lipinski definition) is 4. The van der Waals surface area contributed by atoms with E-state index in [0.717, 1.165) is 24.2 Å². The number of carbonyl (C=O) groups is 1. The van der Waals surface area contributed by atoms with Gasteiger partial charge in [-0.25, -0.2) is 9.48 Å². The van der Waals surface area contributed by atoms with Crippen molar-refractivity contribution in [2.75, 3.05) is 0 Å². The van der Waals surface area contributed by atoms with Gasteiger partial charge in [0.05, 0.1) is 23.6 Å². The maximum absolute atomic E-state index is 10.9. The normalized spacial score (nSPS) is 15.1. The van der Waals surface area contributed by atoms with Crippen molar-refractivity contribution >= 4 is 5.97 Å². The number of hydrogen-bond donors (Lipinski definition) is 2. The molecule has 1 aromatic carbocycles. The number of aliphatic hydroxyl groups excluding tert-OH is 1. The van der Waals surface area contributed by atoms with Crippen LogP contribution >= 0.6 is 0 Å². The highest BCUT2D eigenvalue weighted by atomic mass is 16.4. The molecule has 104 valence electrons. The van der Waals surface area contributed by atoms with E-state index in [-0.39, 0.29) is 12.2 Å². The number of aliphatic hydroxyl groups is 1. The number of nitrogens with zero attached hydrogens (tertiary/aromatic N) is 3. The maximum atomic E-state index is 10.9. The molecule has 2 aromatic rings. The summed E-state index contributed by atoms with van der Waals surface area (Å²) in [6.45, 7) is -0.126.